The van der Waals surface area contributed by atoms with Gasteiger partial charge in [0, 0.05) is 24.8 Å². The molecule has 2 aromatic carbocycles. The number of nitrogens with zero attached hydrogens (tertiary/aromatic N) is 1. The average Bonchev–Trinajstić information content (AvgIpc) is 3.18. The van der Waals surface area contributed by atoms with E-state index in [-0.39, 0.29) is 24.1 Å². The van der Waals surface area contributed by atoms with Crippen LogP contribution in [0.15, 0.2) is 60.2 Å². The number of ether oxygens (including phenoxy) is 1. The summed E-state index contributed by atoms with van der Waals surface area (Å²) in [6, 6.07) is 17.4. The second kappa shape index (κ2) is 10.5. The Hall–Kier alpha value is -2.99. The number of hydrogen-bond donors (Lipinski definition) is 0. The molecule has 0 saturated carbocycles. The molecule has 0 spiro atoms. The Balaban J connectivity index is 1.24. The number of rotatable bonds is 6. The molecule has 1 amide bonds. The first-order valence-electron chi connectivity index (χ1n) is 13.0. The fourth-order valence-corrected chi connectivity index (χ4v) is 5.93. The number of amides is 1. The molecule has 3 heteroatoms. The number of carbonyl (C=O) groups is 1. The van der Waals surface area contributed by atoms with Gasteiger partial charge in [-0.3, -0.25) is 4.90 Å². The molecule has 2 heterocycles. The van der Waals surface area contributed by atoms with Crippen molar-refractivity contribution in [3.8, 4) is 23.0 Å². The number of fused-ring (bicyclic) bond motifs is 5. The topological polar surface area (TPSA) is 29.5 Å². The summed E-state index contributed by atoms with van der Waals surface area (Å²) in [5.41, 5.74) is 6.44. The Kier molecular flexibility index (Phi) is 7.05. The highest BCUT2D eigenvalue weighted by atomic mass is 16.6. The predicted octanol–water partition coefficient (Wildman–Crippen LogP) is 7.46. The third-order valence-corrected chi connectivity index (χ3v) is 7.61. The highest BCUT2D eigenvalue weighted by Gasteiger charge is 2.38. The molecule has 0 N–H and O–H groups in total. The first kappa shape index (κ1) is 22.8. The van der Waals surface area contributed by atoms with Gasteiger partial charge in [0.25, 0.3) is 0 Å². The van der Waals surface area contributed by atoms with Gasteiger partial charge in [-0.15, -0.1) is 5.92 Å². The van der Waals surface area contributed by atoms with Gasteiger partial charge in [-0.2, -0.15) is 0 Å². The maximum absolute atomic E-state index is 13.3. The largest absolute Gasteiger partial charge is 0.448 e. The maximum Gasteiger partial charge on any atom is 0.410 e. The number of benzene rings is 2. The maximum atomic E-state index is 13.3. The van der Waals surface area contributed by atoms with Crippen LogP contribution in [0.1, 0.15) is 81.8 Å². The lowest BCUT2D eigenvalue weighted by atomic mass is 9.84. The van der Waals surface area contributed by atoms with Crippen molar-refractivity contribution in [1.82, 2.24) is 4.90 Å². The van der Waals surface area contributed by atoms with Crippen molar-refractivity contribution >= 4 is 6.09 Å². The van der Waals surface area contributed by atoms with E-state index >= 15 is 0 Å². The predicted molar refractivity (Wildman–Crippen MR) is 138 cm³/mol. The standard InChI is InChI=1S/C31H35NO2/c1-2-3-4-5-6-7-13-23-20-24-14-12-15-25(21-23)32(24)31(33)34-22-30-28-18-10-8-16-26(28)27-17-9-11-19-29(27)30/h8-11,16-20,24-25,30H,2-5,12-15,21-22H2,1H3. The minimum atomic E-state index is -0.155. The van der Waals surface area contributed by atoms with Crippen molar-refractivity contribution in [3.05, 3.63) is 71.3 Å². The highest BCUT2D eigenvalue weighted by Crippen LogP contribution is 2.44. The van der Waals surface area contributed by atoms with Crippen molar-refractivity contribution in [3.63, 3.8) is 0 Å². The van der Waals surface area contributed by atoms with Gasteiger partial charge in [-0.1, -0.05) is 85.9 Å². The molecular weight excluding hydrogens is 418 g/mol. The quantitative estimate of drug-likeness (QED) is 0.258. The lowest BCUT2D eigenvalue weighted by Crippen LogP contribution is -2.52. The van der Waals surface area contributed by atoms with Gasteiger partial charge in [0.15, 0.2) is 0 Å². The number of unbranched alkanes of at least 4 members (excludes halogenated alkanes) is 3. The lowest BCUT2D eigenvalue weighted by molar-refractivity contribution is 0.0509. The van der Waals surface area contributed by atoms with Gasteiger partial charge >= 0.3 is 6.09 Å². The van der Waals surface area contributed by atoms with E-state index in [0.29, 0.717) is 6.61 Å². The number of carbonyl (C=O) groups excluding carboxylic acids is 1. The molecular formula is C31H35NO2. The zero-order chi connectivity index (χ0) is 23.3. The molecule has 3 aliphatic rings. The fraction of sp³-hybridized carbons (Fsp3) is 0.452. The average molecular weight is 454 g/mol. The van der Waals surface area contributed by atoms with E-state index in [9.17, 15) is 4.79 Å². The Labute approximate surface area is 204 Å². The molecule has 1 saturated heterocycles. The summed E-state index contributed by atoms with van der Waals surface area (Å²) in [7, 11) is 0. The second-order valence-corrected chi connectivity index (χ2v) is 9.88. The summed E-state index contributed by atoms with van der Waals surface area (Å²) in [6.07, 6.45) is 11.9. The first-order valence-corrected chi connectivity index (χ1v) is 13.0. The van der Waals surface area contributed by atoms with Gasteiger partial charge in [0.1, 0.15) is 6.61 Å². The fourth-order valence-electron chi connectivity index (χ4n) is 5.93. The Morgan fingerprint density at radius 1 is 1.00 bits per heavy atom. The summed E-state index contributed by atoms with van der Waals surface area (Å²) >= 11 is 0. The zero-order valence-electron chi connectivity index (χ0n) is 20.3. The van der Waals surface area contributed by atoms with Gasteiger partial charge in [-0.25, -0.2) is 4.79 Å². The van der Waals surface area contributed by atoms with Crippen LogP contribution in [-0.4, -0.2) is 29.7 Å². The van der Waals surface area contributed by atoms with Gasteiger partial charge < -0.3 is 4.74 Å². The van der Waals surface area contributed by atoms with Crippen LogP contribution in [0.2, 0.25) is 0 Å². The number of piperidine rings is 1. The van der Waals surface area contributed by atoms with E-state index in [1.807, 2.05) is 4.90 Å². The third-order valence-electron chi connectivity index (χ3n) is 7.61. The van der Waals surface area contributed by atoms with Gasteiger partial charge in [0.2, 0.25) is 0 Å². The molecule has 34 heavy (non-hydrogen) atoms. The van der Waals surface area contributed by atoms with E-state index in [2.05, 4.69) is 73.4 Å². The molecule has 176 valence electrons. The Morgan fingerprint density at radius 3 is 2.44 bits per heavy atom. The molecule has 5 rings (SSSR count). The van der Waals surface area contributed by atoms with Crippen LogP contribution in [0.25, 0.3) is 11.1 Å². The lowest BCUT2D eigenvalue weighted by Gasteiger charge is -2.44. The summed E-state index contributed by atoms with van der Waals surface area (Å²) in [5.74, 6) is 6.82. The first-order chi connectivity index (χ1) is 16.8. The van der Waals surface area contributed by atoms with E-state index < -0.39 is 0 Å². The SMILES string of the molecule is CCCCCC#CCC1=CC2CCCC(C1)N2C(=O)OCC1c2ccccc2-c2ccccc21. The third kappa shape index (κ3) is 4.64. The summed E-state index contributed by atoms with van der Waals surface area (Å²) < 4.78 is 6.02. The summed E-state index contributed by atoms with van der Waals surface area (Å²) in [5, 5.41) is 0. The van der Waals surface area contributed by atoms with Crippen LogP contribution in [0, 0.1) is 11.8 Å². The molecule has 0 aromatic heterocycles. The Morgan fingerprint density at radius 2 is 1.74 bits per heavy atom. The molecule has 0 radical (unpaired) electrons. The van der Waals surface area contributed by atoms with Crippen molar-refractivity contribution in [2.24, 2.45) is 0 Å². The van der Waals surface area contributed by atoms with E-state index in [1.165, 1.54) is 53.5 Å². The van der Waals surface area contributed by atoms with E-state index in [4.69, 9.17) is 4.74 Å². The summed E-state index contributed by atoms with van der Waals surface area (Å²) in [6.45, 7) is 2.62. The molecule has 2 aromatic rings. The monoisotopic (exact) mass is 453 g/mol. The smallest absolute Gasteiger partial charge is 0.410 e. The normalized spacial score (nSPS) is 20.6. The molecule has 2 bridgehead atoms. The molecule has 2 unspecified atom stereocenters. The molecule has 1 aliphatic carbocycles. The molecule has 2 atom stereocenters. The number of hydrogen-bond acceptors (Lipinski definition) is 2. The van der Waals surface area contributed by atoms with Crippen LogP contribution in [0.3, 0.4) is 0 Å². The van der Waals surface area contributed by atoms with Crippen LogP contribution in [0.4, 0.5) is 4.79 Å². The van der Waals surface area contributed by atoms with Crippen molar-refractivity contribution in [2.75, 3.05) is 6.61 Å². The minimum Gasteiger partial charge on any atom is -0.448 e. The molecule has 3 nitrogen and oxygen atoms in total. The molecule has 1 fully saturated rings. The molecule has 2 aliphatic heterocycles. The minimum absolute atomic E-state index is 0.107. The van der Waals surface area contributed by atoms with Gasteiger partial charge in [-0.05, 0) is 54.4 Å². The summed E-state index contributed by atoms with van der Waals surface area (Å²) in [4.78, 5) is 15.3. The van der Waals surface area contributed by atoms with Crippen molar-refractivity contribution in [1.29, 1.82) is 0 Å². The van der Waals surface area contributed by atoms with E-state index in [0.717, 1.165) is 32.1 Å². The van der Waals surface area contributed by atoms with Crippen LogP contribution >= 0.6 is 0 Å². The Bertz CT molecular complexity index is 1080. The van der Waals surface area contributed by atoms with E-state index in [1.54, 1.807) is 0 Å². The zero-order valence-corrected chi connectivity index (χ0v) is 20.3. The van der Waals surface area contributed by atoms with Crippen LogP contribution in [-0.2, 0) is 4.74 Å². The van der Waals surface area contributed by atoms with Crippen LogP contribution < -0.4 is 0 Å². The highest BCUT2D eigenvalue weighted by molar-refractivity contribution is 5.79. The van der Waals surface area contributed by atoms with Gasteiger partial charge in [0.05, 0.1) is 6.04 Å². The van der Waals surface area contributed by atoms with Crippen molar-refractivity contribution in [2.45, 2.75) is 82.7 Å². The second-order valence-electron chi connectivity index (χ2n) is 9.88. The van der Waals surface area contributed by atoms with Crippen molar-refractivity contribution < 1.29 is 9.53 Å². The van der Waals surface area contributed by atoms with Crippen LogP contribution in [0.5, 0.6) is 0 Å².